The van der Waals surface area contributed by atoms with Gasteiger partial charge in [-0.25, -0.2) is 0 Å². The highest BCUT2D eigenvalue weighted by atomic mass is 16.5. The third kappa shape index (κ3) is 2.31. The molecule has 0 radical (unpaired) electrons. The molecule has 0 N–H and O–H groups in total. The average Bonchev–Trinajstić information content (AvgIpc) is 2.70. The van der Waals surface area contributed by atoms with E-state index in [1.807, 2.05) is 32.0 Å². The standard InChI is InChI=1S/C15H18O3/c1-5-17-15(3,4)14(16)13-9-11-8-10(2)6-7-12(11)18-13/h6-9H,5H2,1-4H3. The summed E-state index contributed by atoms with van der Waals surface area (Å²) < 4.78 is 11.0. The Morgan fingerprint density at radius 2 is 2.06 bits per heavy atom. The molecule has 0 aliphatic heterocycles. The van der Waals surface area contributed by atoms with Gasteiger partial charge in [-0.1, -0.05) is 11.6 Å². The number of benzene rings is 1. The summed E-state index contributed by atoms with van der Waals surface area (Å²) in [4.78, 5) is 12.3. The van der Waals surface area contributed by atoms with Gasteiger partial charge in [0.2, 0.25) is 5.78 Å². The maximum Gasteiger partial charge on any atom is 0.229 e. The lowest BCUT2D eigenvalue weighted by atomic mass is 10.0. The van der Waals surface area contributed by atoms with E-state index in [2.05, 4.69) is 0 Å². The van der Waals surface area contributed by atoms with Crippen LogP contribution in [0.15, 0.2) is 28.7 Å². The fourth-order valence-electron chi connectivity index (χ4n) is 2.00. The van der Waals surface area contributed by atoms with Crippen LogP contribution in [0.3, 0.4) is 0 Å². The molecule has 1 heterocycles. The van der Waals surface area contributed by atoms with E-state index in [0.29, 0.717) is 12.4 Å². The molecule has 0 atom stereocenters. The quantitative estimate of drug-likeness (QED) is 0.771. The van der Waals surface area contributed by atoms with E-state index in [9.17, 15) is 4.79 Å². The lowest BCUT2D eigenvalue weighted by Gasteiger charge is -2.21. The predicted octanol–water partition coefficient (Wildman–Crippen LogP) is 3.74. The minimum atomic E-state index is -0.850. The zero-order valence-corrected chi connectivity index (χ0v) is 11.2. The van der Waals surface area contributed by atoms with E-state index < -0.39 is 5.60 Å². The number of furan rings is 1. The Kier molecular flexibility index (Phi) is 3.26. The molecule has 0 unspecified atom stereocenters. The van der Waals surface area contributed by atoms with Gasteiger partial charge in [-0.3, -0.25) is 4.79 Å². The highest BCUT2D eigenvalue weighted by molar-refractivity contribution is 6.02. The lowest BCUT2D eigenvalue weighted by molar-refractivity contribution is -0.000534. The molecule has 96 valence electrons. The average molecular weight is 246 g/mol. The summed E-state index contributed by atoms with van der Waals surface area (Å²) in [5.74, 6) is 0.229. The molecule has 0 saturated carbocycles. The van der Waals surface area contributed by atoms with E-state index in [4.69, 9.17) is 9.15 Å². The Hall–Kier alpha value is -1.61. The van der Waals surface area contributed by atoms with Crippen LogP contribution in [0.4, 0.5) is 0 Å². The molecule has 0 saturated heterocycles. The van der Waals surface area contributed by atoms with Gasteiger partial charge in [0.05, 0.1) is 0 Å². The summed E-state index contributed by atoms with van der Waals surface area (Å²) in [6.07, 6.45) is 0. The van der Waals surface area contributed by atoms with Crippen molar-refractivity contribution in [2.45, 2.75) is 33.3 Å². The van der Waals surface area contributed by atoms with Gasteiger partial charge >= 0.3 is 0 Å². The van der Waals surface area contributed by atoms with Crippen molar-refractivity contribution in [1.82, 2.24) is 0 Å². The van der Waals surface area contributed by atoms with E-state index in [-0.39, 0.29) is 5.78 Å². The van der Waals surface area contributed by atoms with Gasteiger partial charge < -0.3 is 9.15 Å². The molecular formula is C15H18O3. The number of hydrogen-bond donors (Lipinski definition) is 0. The van der Waals surface area contributed by atoms with Crippen molar-refractivity contribution < 1.29 is 13.9 Å². The molecule has 2 rings (SSSR count). The van der Waals surface area contributed by atoms with Crippen molar-refractivity contribution in [1.29, 1.82) is 0 Å². The molecule has 3 heteroatoms. The van der Waals surface area contributed by atoms with Crippen molar-refractivity contribution in [3.8, 4) is 0 Å². The molecule has 1 aromatic heterocycles. The first-order valence-corrected chi connectivity index (χ1v) is 6.13. The normalized spacial score (nSPS) is 12.0. The molecule has 18 heavy (non-hydrogen) atoms. The highest BCUT2D eigenvalue weighted by Gasteiger charge is 2.31. The molecule has 0 aliphatic carbocycles. The second-order valence-corrected chi connectivity index (χ2v) is 4.92. The number of aryl methyl sites for hydroxylation is 1. The number of carbonyl (C=O) groups is 1. The van der Waals surface area contributed by atoms with Crippen molar-refractivity contribution in [3.05, 3.63) is 35.6 Å². The van der Waals surface area contributed by atoms with Gasteiger partial charge in [0.15, 0.2) is 5.76 Å². The SMILES string of the molecule is CCOC(C)(C)C(=O)c1cc2cc(C)ccc2o1. The highest BCUT2D eigenvalue weighted by Crippen LogP contribution is 2.25. The fourth-order valence-corrected chi connectivity index (χ4v) is 2.00. The number of carbonyl (C=O) groups excluding carboxylic acids is 1. The predicted molar refractivity (Wildman–Crippen MR) is 71.0 cm³/mol. The van der Waals surface area contributed by atoms with Crippen LogP contribution in [-0.4, -0.2) is 18.0 Å². The number of rotatable bonds is 4. The number of ketones is 1. The Labute approximate surface area is 107 Å². The minimum absolute atomic E-state index is 0.127. The number of Topliss-reactive ketones (excluding diaryl/α,β-unsaturated/α-hetero) is 1. The molecule has 0 amide bonds. The molecule has 3 nitrogen and oxygen atoms in total. The van der Waals surface area contributed by atoms with E-state index in [1.165, 1.54) is 0 Å². The topological polar surface area (TPSA) is 39.4 Å². The zero-order valence-electron chi connectivity index (χ0n) is 11.2. The zero-order chi connectivity index (χ0) is 13.3. The first kappa shape index (κ1) is 12.8. The van der Waals surface area contributed by atoms with Crippen LogP contribution in [0.2, 0.25) is 0 Å². The van der Waals surface area contributed by atoms with Gasteiger partial charge in [0.25, 0.3) is 0 Å². The summed E-state index contributed by atoms with van der Waals surface area (Å²) in [6, 6.07) is 7.64. The largest absolute Gasteiger partial charge is 0.453 e. The maximum atomic E-state index is 12.3. The van der Waals surface area contributed by atoms with Crippen LogP contribution >= 0.6 is 0 Å². The van der Waals surface area contributed by atoms with Gasteiger partial charge in [-0.15, -0.1) is 0 Å². The Bertz CT molecular complexity index is 578. The monoisotopic (exact) mass is 246 g/mol. The van der Waals surface area contributed by atoms with Crippen molar-refractivity contribution >= 4 is 16.8 Å². The van der Waals surface area contributed by atoms with Gasteiger partial charge in [-0.05, 0) is 45.9 Å². The first-order valence-electron chi connectivity index (χ1n) is 6.13. The van der Waals surface area contributed by atoms with E-state index in [0.717, 1.165) is 16.5 Å². The van der Waals surface area contributed by atoms with Crippen LogP contribution in [0, 0.1) is 6.92 Å². The third-order valence-electron chi connectivity index (χ3n) is 2.95. The second kappa shape index (κ2) is 4.58. The molecule has 0 fully saturated rings. The Morgan fingerprint density at radius 3 is 2.72 bits per heavy atom. The van der Waals surface area contributed by atoms with Gasteiger partial charge in [-0.2, -0.15) is 0 Å². The smallest absolute Gasteiger partial charge is 0.229 e. The fraction of sp³-hybridized carbons (Fsp3) is 0.400. The summed E-state index contributed by atoms with van der Waals surface area (Å²) in [6.45, 7) is 7.90. The van der Waals surface area contributed by atoms with Crippen LogP contribution < -0.4 is 0 Å². The second-order valence-electron chi connectivity index (χ2n) is 4.92. The Balaban J connectivity index is 2.39. The number of ether oxygens (including phenoxy) is 1. The summed E-state index contributed by atoms with van der Waals surface area (Å²) in [5, 5.41) is 0.950. The molecular weight excluding hydrogens is 228 g/mol. The minimum Gasteiger partial charge on any atom is -0.453 e. The summed E-state index contributed by atoms with van der Waals surface area (Å²) in [7, 11) is 0. The summed E-state index contributed by atoms with van der Waals surface area (Å²) >= 11 is 0. The lowest BCUT2D eigenvalue weighted by Crippen LogP contribution is -2.34. The molecule has 1 aromatic carbocycles. The van der Waals surface area contributed by atoms with Crippen LogP contribution in [0.1, 0.15) is 36.9 Å². The maximum absolute atomic E-state index is 12.3. The van der Waals surface area contributed by atoms with Gasteiger partial charge in [0, 0.05) is 12.0 Å². The molecule has 0 spiro atoms. The molecule has 0 bridgehead atoms. The van der Waals surface area contributed by atoms with Crippen LogP contribution in [-0.2, 0) is 4.74 Å². The van der Waals surface area contributed by atoms with Crippen molar-refractivity contribution in [2.75, 3.05) is 6.61 Å². The number of hydrogen-bond acceptors (Lipinski definition) is 3. The molecule has 0 aliphatic rings. The van der Waals surface area contributed by atoms with Crippen LogP contribution in [0.25, 0.3) is 11.0 Å². The number of fused-ring (bicyclic) bond motifs is 1. The first-order chi connectivity index (χ1) is 8.44. The van der Waals surface area contributed by atoms with Crippen molar-refractivity contribution in [2.24, 2.45) is 0 Å². The van der Waals surface area contributed by atoms with Crippen LogP contribution in [0.5, 0.6) is 0 Å². The van der Waals surface area contributed by atoms with Crippen molar-refractivity contribution in [3.63, 3.8) is 0 Å². The van der Waals surface area contributed by atoms with Gasteiger partial charge in [0.1, 0.15) is 11.2 Å². The van der Waals surface area contributed by atoms with E-state index >= 15 is 0 Å². The Morgan fingerprint density at radius 1 is 1.33 bits per heavy atom. The van der Waals surface area contributed by atoms with E-state index in [1.54, 1.807) is 19.9 Å². The summed E-state index contributed by atoms with van der Waals surface area (Å²) in [5.41, 5.74) is 1.03. The molecule has 2 aromatic rings. The third-order valence-corrected chi connectivity index (χ3v) is 2.95.